The molecular formula is C22H27NO3. The van der Waals surface area contributed by atoms with Gasteiger partial charge >= 0.3 is 0 Å². The smallest absolute Gasteiger partial charge is 0.258 e. The van der Waals surface area contributed by atoms with Crippen molar-refractivity contribution in [2.24, 2.45) is 5.92 Å². The van der Waals surface area contributed by atoms with Crippen LogP contribution in [0.5, 0.6) is 5.75 Å². The summed E-state index contributed by atoms with van der Waals surface area (Å²) < 4.78 is 5.55. The number of benzene rings is 2. The summed E-state index contributed by atoms with van der Waals surface area (Å²) in [5.74, 6) is 0.972. The predicted octanol–water partition coefficient (Wildman–Crippen LogP) is 4.56. The molecule has 0 aliphatic carbocycles. The van der Waals surface area contributed by atoms with Gasteiger partial charge < -0.3 is 10.1 Å². The van der Waals surface area contributed by atoms with Gasteiger partial charge in [0.2, 0.25) is 0 Å². The maximum absolute atomic E-state index is 12.3. The second-order valence-electron chi connectivity index (χ2n) is 6.75. The molecule has 138 valence electrons. The van der Waals surface area contributed by atoms with Crippen molar-refractivity contribution in [1.82, 2.24) is 5.32 Å². The lowest BCUT2D eigenvalue weighted by molar-refractivity contribution is -0.124. The molecule has 0 saturated carbocycles. The first kappa shape index (κ1) is 19.7. The van der Waals surface area contributed by atoms with Crippen LogP contribution in [0.3, 0.4) is 0 Å². The van der Waals surface area contributed by atoms with Crippen molar-refractivity contribution in [2.45, 2.75) is 39.7 Å². The monoisotopic (exact) mass is 353 g/mol. The van der Waals surface area contributed by atoms with Gasteiger partial charge in [0.05, 0.1) is 6.04 Å². The Hall–Kier alpha value is -2.62. The Labute approximate surface area is 155 Å². The molecule has 0 radical (unpaired) electrons. The van der Waals surface area contributed by atoms with Gasteiger partial charge in [-0.2, -0.15) is 0 Å². The molecule has 0 aromatic heterocycles. The molecule has 0 bridgehead atoms. The average molecular weight is 353 g/mol. The summed E-state index contributed by atoms with van der Waals surface area (Å²) in [6.07, 6.45) is 1.34. The minimum atomic E-state index is -0.159. The van der Waals surface area contributed by atoms with Crippen LogP contribution in [0.2, 0.25) is 0 Å². The Morgan fingerprint density at radius 2 is 1.65 bits per heavy atom. The first-order valence-electron chi connectivity index (χ1n) is 9.10. The highest BCUT2D eigenvalue weighted by Crippen LogP contribution is 2.21. The standard InChI is InChI=1S/C22H27NO3/c1-4-21(24)18-10-12-19(13-11-18)26-15-22(25)23-20(14-16(2)3)17-8-6-5-7-9-17/h5-13,16,20H,4,14-15H2,1-3H3,(H,23,25). The normalized spacial score (nSPS) is 11.8. The van der Waals surface area contributed by atoms with Crippen molar-refractivity contribution in [1.29, 1.82) is 0 Å². The van der Waals surface area contributed by atoms with Crippen molar-refractivity contribution in [3.05, 3.63) is 65.7 Å². The molecule has 1 atom stereocenters. The van der Waals surface area contributed by atoms with Crippen molar-refractivity contribution in [3.8, 4) is 5.75 Å². The van der Waals surface area contributed by atoms with Crippen LogP contribution >= 0.6 is 0 Å². The molecule has 4 heteroatoms. The first-order valence-corrected chi connectivity index (χ1v) is 9.10. The molecule has 0 spiro atoms. The Morgan fingerprint density at radius 1 is 1.00 bits per heavy atom. The fourth-order valence-corrected chi connectivity index (χ4v) is 2.76. The van der Waals surface area contributed by atoms with Gasteiger partial charge in [0, 0.05) is 12.0 Å². The predicted molar refractivity (Wildman–Crippen MR) is 103 cm³/mol. The summed E-state index contributed by atoms with van der Waals surface area (Å²) in [5, 5.41) is 3.06. The molecule has 0 fully saturated rings. The maximum Gasteiger partial charge on any atom is 0.258 e. The van der Waals surface area contributed by atoms with E-state index in [9.17, 15) is 9.59 Å². The molecule has 1 unspecified atom stereocenters. The number of amides is 1. The lowest BCUT2D eigenvalue weighted by atomic mass is 9.97. The third-order valence-corrected chi connectivity index (χ3v) is 4.11. The number of nitrogens with one attached hydrogen (secondary N) is 1. The minimum Gasteiger partial charge on any atom is -0.484 e. The van der Waals surface area contributed by atoms with E-state index in [0.29, 0.717) is 23.7 Å². The molecule has 4 nitrogen and oxygen atoms in total. The third kappa shape index (κ3) is 6.03. The maximum atomic E-state index is 12.3. The number of carbonyl (C=O) groups is 2. The quantitative estimate of drug-likeness (QED) is 0.672. The van der Waals surface area contributed by atoms with Crippen molar-refractivity contribution < 1.29 is 14.3 Å². The van der Waals surface area contributed by atoms with Crippen molar-refractivity contribution >= 4 is 11.7 Å². The van der Waals surface area contributed by atoms with Crippen LogP contribution < -0.4 is 10.1 Å². The van der Waals surface area contributed by atoms with E-state index in [1.54, 1.807) is 24.3 Å². The van der Waals surface area contributed by atoms with Gasteiger partial charge in [0.25, 0.3) is 5.91 Å². The molecule has 0 saturated heterocycles. The van der Waals surface area contributed by atoms with E-state index in [1.807, 2.05) is 37.3 Å². The van der Waals surface area contributed by atoms with Gasteiger partial charge in [-0.05, 0) is 42.2 Å². The number of rotatable bonds is 9. The fraction of sp³-hybridized carbons (Fsp3) is 0.364. The summed E-state index contributed by atoms with van der Waals surface area (Å²) >= 11 is 0. The van der Waals surface area contributed by atoms with Crippen LogP contribution in [0.1, 0.15) is 55.6 Å². The van der Waals surface area contributed by atoms with Crippen LogP contribution in [0, 0.1) is 5.92 Å². The van der Waals surface area contributed by atoms with E-state index in [0.717, 1.165) is 12.0 Å². The summed E-state index contributed by atoms with van der Waals surface area (Å²) in [6.45, 7) is 6.05. The second kappa shape index (κ2) is 9.76. The Kier molecular flexibility index (Phi) is 7.39. The number of ether oxygens (including phenoxy) is 1. The van der Waals surface area contributed by atoms with Gasteiger partial charge in [0.1, 0.15) is 5.75 Å². The van der Waals surface area contributed by atoms with Gasteiger partial charge in [-0.3, -0.25) is 9.59 Å². The SMILES string of the molecule is CCC(=O)c1ccc(OCC(=O)NC(CC(C)C)c2ccccc2)cc1. The molecule has 2 aromatic carbocycles. The zero-order valence-electron chi connectivity index (χ0n) is 15.7. The Morgan fingerprint density at radius 3 is 2.23 bits per heavy atom. The third-order valence-electron chi connectivity index (χ3n) is 4.11. The number of ketones is 1. The number of hydrogen-bond donors (Lipinski definition) is 1. The molecule has 2 aromatic rings. The molecular weight excluding hydrogens is 326 g/mol. The second-order valence-corrected chi connectivity index (χ2v) is 6.75. The lowest BCUT2D eigenvalue weighted by Gasteiger charge is -2.21. The summed E-state index contributed by atoms with van der Waals surface area (Å²) in [5.41, 5.74) is 1.75. The Bertz CT molecular complexity index is 708. The van der Waals surface area contributed by atoms with E-state index in [1.165, 1.54) is 0 Å². The van der Waals surface area contributed by atoms with E-state index >= 15 is 0 Å². The van der Waals surface area contributed by atoms with Crippen molar-refractivity contribution in [3.63, 3.8) is 0 Å². The lowest BCUT2D eigenvalue weighted by Crippen LogP contribution is -2.33. The Balaban J connectivity index is 1.92. The molecule has 26 heavy (non-hydrogen) atoms. The van der Waals surface area contributed by atoms with Crippen LogP contribution in [0.4, 0.5) is 0 Å². The van der Waals surface area contributed by atoms with E-state index in [-0.39, 0.29) is 24.3 Å². The number of Topliss-reactive ketones (excluding diaryl/α,β-unsaturated/α-hetero) is 1. The molecule has 0 aliphatic rings. The number of hydrogen-bond acceptors (Lipinski definition) is 3. The van der Waals surface area contributed by atoms with E-state index in [4.69, 9.17) is 4.74 Å². The van der Waals surface area contributed by atoms with Gasteiger partial charge in [-0.25, -0.2) is 0 Å². The molecule has 1 amide bonds. The zero-order valence-corrected chi connectivity index (χ0v) is 15.7. The van der Waals surface area contributed by atoms with Crippen LogP contribution in [-0.2, 0) is 4.79 Å². The van der Waals surface area contributed by atoms with E-state index < -0.39 is 0 Å². The molecule has 2 rings (SSSR count). The molecule has 0 heterocycles. The summed E-state index contributed by atoms with van der Waals surface area (Å²) in [4.78, 5) is 23.9. The molecule has 0 aliphatic heterocycles. The minimum absolute atomic E-state index is 0.0307. The van der Waals surface area contributed by atoms with Crippen LogP contribution in [0.25, 0.3) is 0 Å². The van der Waals surface area contributed by atoms with Crippen LogP contribution in [0.15, 0.2) is 54.6 Å². The fourth-order valence-electron chi connectivity index (χ4n) is 2.76. The number of carbonyl (C=O) groups excluding carboxylic acids is 2. The largest absolute Gasteiger partial charge is 0.484 e. The van der Waals surface area contributed by atoms with Gasteiger partial charge in [-0.15, -0.1) is 0 Å². The topological polar surface area (TPSA) is 55.4 Å². The van der Waals surface area contributed by atoms with E-state index in [2.05, 4.69) is 19.2 Å². The first-order chi connectivity index (χ1) is 12.5. The van der Waals surface area contributed by atoms with Crippen molar-refractivity contribution in [2.75, 3.05) is 6.61 Å². The average Bonchev–Trinajstić information content (AvgIpc) is 2.66. The highest BCUT2D eigenvalue weighted by Gasteiger charge is 2.16. The zero-order chi connectivity index (χ0) is 18.9. The summed E-state index contributed by atoms with van der Waals surface area (Å²) in [6, 6.07) is 16.8. The van der Waals surface area contributed by atoms with Gasteiger partial charge in [-0.1, -0.05) is 51.1 Å². The summed E-state index contributed by atoms with van der Waals surface area (Å²) in [7, 11) is 0. The molecule has 1 N–H and O–H groups in total. The van der Waals surface area contributed by atoms with Crippen LogP contribution in [-0.4, -0.2) is 18.3 Å². The highest BCUT2D eigenvalue weighted by atomic mass is 16.5. The highest BCUT2D eigenvalue weighted by molar-refractivity contribution is 5.95. The van der Waals surface area contributed by atoms with Gasteiger partial charge in [0.15, 0.2) is 12.4 Å².